The van der Waals surface area contributed by atoms with Crippen LogP contribution < -0.4 is 0 Å². The molecule has 0 saturated heterocycles. The Hall–Kier alpha value is -2.37. The Morgan fingerprint density at radius 2 is 1.91 bits per heavy atom. The van der Waals surface area contributed by atoms with Crippen LogP contribution in [0.2, 0.25) is 0 Å². The van der Waals surface area contributed by atoms with E-state index in [1.165, 1.54) is 0 Å². The molecule has 0 bridgehead atoms. The van der Waals surface area contributed by atoms with Crippen molar-refractivity contribution in [1.82, 2.24) is 19.7 Å². The second-order valence-corrected chi connectivity index (χ2v) is 6.34. The number of hydrogen-bond donors (Lipinski definition) is 0. The third-order valence-corrected chi connectivity index (χ3v) is 3.35. The van der Waals surface area contributed by atoms with Crippen LogP contribution in [-0.2, 0) is 17.8 Å². The molecule has 0 radical (unpaired) electrons. The standard InChI is InChI=1S/C16H20N4O2/c1-16(2,3)22-15(21)19-9-10-20-13(11-19)17-14(18-20)12-7-5-4-6-8-12/h4-8H,9-11H2,1-3H3. The zero-order chi connectivity index (χ0) is 15.7. The first-order valence-electron chi connectivity index (χ1n) is 7.39. The van der Waals surface area contributed by atoms with Crippen LogP contribution in [0.25, 0.3) is 11.4 Å². The Morgan fingerprint density at radius 3 is 2.59 bits per heavy atom. The molecule has 1 amide bonds. The van der Waals surface area contributed by atoms with Crippen molar-refractivity contribution in [2.45, 2.75) is 39.5 Å². The van der Waals surface area contributed by atoms with Crippen LogP contribution in [0, 0.1) is 0 Å². The van der Waals surface area contributed by atoms with Gasteiger partial charge in [-0.05, 0) is 20.8 Å². The zero-order valence-corrected chi connectivity index (χ0v) is 13.1. The van der Waals surface area contributed by atoms with E-state index in [9.17, 15) is 4.79 Å². The summed E-state index contributed by atoms with van der Waals surface area (Å²) in [4.78, 5) is 18.4. The molecule has 0 atom stereocenters. The van der Waals surface area contributed by atoms with Crippen molar-refractivity contribution in [3.05, 3.63) is 36.2 Å². The number of rotatable bonds is 1. The van der Waals surface area contributed by atoms with Gasteiger partial charge in [0.15, 0.2) is 5.82 Å². The maximum Gasteiger partial charge on any atom is 0.410 e. The van der Waals surface area contributed by atoms with E-state index >= 15 is 0 Å². The third kappa shape index (κ3) is 3.10. The molecule has 3 rings (SSSR count). The van der Waals surface area contributed by atoms with Gasteiger partial charge >= 0.3 is 6.09 Å². The van der Waals surface area contributed by atoms with E-state index in [2.05, 4.69) is 10.1 Å². The first kappa shape index (κ1) is 14.6. The summed E-state index contributed by atoms with van der Waals surface area (Å²) < 4.78 is 7.28. The topological polar surface area (TPSA) is 60.2 Å². The van der Waals surface area contributed by atoms with Gasteiger partial charge in [-0.3, -0.25) is 4.90 Å². The molecular formula is C16H20N4O2. The van der Waals surface area contributed by atoms with Crippen LogP contribution >= 0.6 is 0 Å². The minimum Gasteiger partial charge on any atom is -0.444 e. The number of nitrogens with zero attached hydrogens (tertiary/aromatic N) is 4. The van der Waals surface area contributed by atoms with Crippen molar-refractivity contribution in [3.8, 4) is 11.4 Å². The minimum absolute atomic E-state index is 0.303. The van der Waals surface area contributed by atoms with Crippen LogP contribution in [0.4, 0.5) is 4.79 Å². The first-order chi connectivity index (χ1) is 10.4. The molecule has 6 heteroatoms. The molecule has 0 spiro atoms. The summed E-state index contributed by atoms with van der Waals surface area (Å²) in [5, 5.41) is 4.52. The molecule has 116 valence electrons. The molecule has 1 aliphatic rings. The zero-order valence-electron chi connectivity index (χ0n) is 13.1. The Labute approximate surface area is 129 Å². The van der Waals surface area contributed by atoms with Gasteiger partial charge < -0.3 is 4.74 Å². The number of hydrogen-bond acceptors (Lipinski definition) is 4. The number of carbonyl (C=O) groups excluding carboxylic acids is 1. The van der Waals surface area contributed by atoms with Gasteiger partial charge in [0.2, 0.25) is 0 Å². The normalized spacial score (nSPS) is 14.6. The lowest BCUT2D eigenvalue weighted by atomic mass is 10.2. The number of ether oxygens (including phenoxy) is 1. The summed E-state index contributed by atoms with van der Waals surface area (Å²) in [6.07, 6.45) is -0.303. The number of benzene rings is 1. The number of fused-ring (bicyclic) bond motifs is 1. The fraction of sp³-hybridized carbons (Fsp3) is 0.438. The van der Waals surface area contributed by atoms with Crippen molar-refractivity contribution in [3.63, 3.8) is 0 Å². The molecule has 0 N–H and O–H groups in total. The van der Waals surface area contributed by atoms with Crippen LogP contribution in [0.3, 0.4) is 0 Å². The molecule has 22 heavy (non-hydrogen) atoms. The summed E-state index contributed by atoms with van der Waals surface area (Å²) in [6.45, 7) is 7.24. The molecule has 1 aliphatic heterocycles. The van der Waals surface area contributed by atoms with Crippen LogP contribution in [0.15, 0.2) is 30.3 Å². The van der Waals surface area contributed by atoms with Crippen molar-refractivity contribution < 1.29 is 9.53 Å². The molecule has 0 aliphatic carbocycles. The van der Waals surface area contributed by atoms with E-state index in [1.807, 2.05) is 55.8 Å². The van der Waals surface area contributed by atoms with E-state index in [4.69, 9.17) is 4.74 Å². The van der Waals surface area contributed by atoms with E-state index in [-0.39, 0.29) is 6.09 Å². The van der Waals surface area contributed by atoms with Gasteiger partial charge in [-0.2, -0.15) is 5.10 Å². The van der Waals surface area contributed by atoms with Gasteiger partial charge in [0.05, 0.1) is 13.1 Å². The average molecular weight is 300 g/mol. The molecule has 2 heterocycles. The number of carbonyl (C=O) groups is 1. The van der Waals surface area contributed by atoms with Gasteiger partial charge in [-0.15, -0.1) is 0 Å². The Bertz CT molecular complexity index is 673. The summed E-state index contributed by atoms with van der Waals surface area (Å²) in [5.41, 5.74) is 0.491. The number of amides is 1. The maximum atomic E-state index is 12.1. The molecule has 0 saturated carbocycles. The van der Waals surface area contributed by atoms with Crippen LogP contribution in [0.1, 0.15) is 26.6 Å². The van der Waals surface area contributed by atoms with Crippen molar-refractivity contribution in [1.29, 1.82) is 0 Å². The highest BCUT2D eigenvalue weighted by molar-refractivity contribution is 5.68. The van der Waals surface area contributed by atoms with Gasteiger partial charge in [-0.1, -0.05) is 30.3 Å². The second-order valence-electron chi connectivity index (χ2n) is 6.34. The fourth-order valence-corrected chi connectivity index (χ4v) is 2.33. The summed E-state index contributed by atoms with van der Waals surface area (Å²) in [5.74, 6) is 1.48. The van der Waals surface area contributed by atoms with Crippen LogP contribution in [0.5, 0.6) is 0 Å². The highest BCUT2D eigenvalue weighted by atomic mass is 16.6. The Kier molecular flexibility index (Phi) is 3.60. The Morgan fingerprint density at radius 1 is 1.18 bits per heavy atom. The molecular weight excluding hydrogens is 280 g/mol. The molecule has 2 aromatic rings. The maximum absolute atomic E-state index is 12.1. The second kappa shape index (κ2) is 5.44. The van der Waals surface area contributed by atoms with Crippen molar-refractivity contribution >= 4 is 6.09 Å². The van der Waals surface area contributed by atoms with E-state index in [0.29, 0.717) is 25.5 Å². The average Bonchev–Trinajstić information content (AvgIpc) is 2.89. The predicted molar refractivity (Wildman–Crippen MR) is 82.1 cm³/mol. The summed E-state index contributed by atoms with van der Waals surface area (Å²) >= 11 is 0. The monoisotopic (exact) mass is 300 g/mol. The SMILES string of the molecule is CC(C)(C)OC(=O)N1CCn2nc(-c3ccccc3)nc2C1. The fourth-order valence-electron chi connectivity index (χ4n) is 2.33. The Balaban J connectivity index is 1.77. The van der Waals surface area contributed by atoms with E-state index < -0.39 is 5.60 Å². The van der Waals surface area contributed by atoms with Gasteiger partial charge in [0, 0.05) is 12.1 Å². The van der Waals surface area contributed by atoms with Crippen LogP contribution in [-0.4, -0.2) is 37.9 Å². The predicted octanol–water partition coefficient (Wildman–Crippen LogP) is 2.70. The minimum atomic E-state index is -0.489. The molecule has 6 nitrogen and oxygen atoms in total. The molecule has 0 fully saturated rings. The highest BCUT2D eigenvalue weighted by Crippen LogP contribution is 2.19. The molecule has 1 aromatic carbocycles. The smallest absolute Gasteiger partial charge is 0.410 e. The lowest BCUT2D eigenvalue weighted by Gasteiger charge is -2.29. The van der Waals surface area contributed by atoms with Crippen molar-refractivity contribution in [2.24, 2.45) is 0 Å². The quantitative estimate of drug-likeness (QED) is 0.812. The van der Waals surface area contributed by atoms with E-state index in [1.54, 1.807) is 4.90 Å². The van der Waals surface area contributed by atoms with Gasteiger partial charge in [0.1, 0.15) is 11.4 Å². The van der Waals surface area contributed by atoms with Gasteiger partial charge in [-0.25, -0.2) is 14.5 Å². The van der Waals surface area contributed by atoms with Crippen molar-refractivity contribution in [2.75, 3.05) is 6.54 Å². The molecule has 0 unspecified atom stereocenters. The third-order valence-electron chi connectivity index (χ3n) is 3.35. The highest BCUT2D eigenvalue weighted by Gasteiger charge is 2.27. The number of aromatic nitrogens is 3. The lowest BCUT2D eigenvalue weighted by molar-refractivity contribution is 0.0190. The largest absolute Gasteiger partial charge is 0.444 e. The summed E-state index contributed by atoms with van der Waals surface area (Å²) in [6, 6.07) is 9.84. The molecule has 1 aromatic heterocycles. The summed E-state index contributed by atoms with van der Waals surface area (Å²) in [7, 11) is 0. The van der Waals surface area contributed by atoms with Gasteiger partial charge in [0.25, 0.3) is 0 Å². The van der Waals surface area contributed by atoms with E-state index in [0.717, 1.165) is 11.4 Å². The lowest BCUT2D eigenvalue weighted by Crippen LogP contribution is -2.41. The first-order valence-corrected chi connectivity index (χ1v) is 7.39.